The van der Waals surface area contributed by atoms with Crippen LogP contribution in [0.15, 0.2) is 65.6 Å². The number of hydrogen-bond acceptors (Lipinski definition) is 11. The zero-order valence-corrected chi connectivity index (χ0v) is 36.0. The minimum Gasteiger partial charge on any atom is -0.371 e. The highest BCUT2D eigenvalue weighted by Crippen LogP contribution is 2.43. The fourth-order valence-electron chi connectivity index (χ4n) is 10.2. The lowest BCUT2D eigenvalue weighted by molar-refractivity contribution is -0.136. The summed E-state index contributed by atoms with van der Waals surface area (Å²) in [5.41, 5.74) is 3.33. The molecule has 6 heterocycles. The summed E-state index contributed by atoms with van der Waals surface area (Å²) in [6.45, 7) is 7.71. The maximum atomic E-state index is 13.7. The molecule has 15 nitrogen and oxygen atoms in total. The van der Waals surface area contributed by atoms with Crippen LogP contribution in [0.2, 0.25) is 5.02 Å². The maximum Gasteiger partial charge on any atom is 0.262 e. The molecular weight excluding hydrogens is 832 g/mol. The topological polar surface area (TPSA) is 175 Å². The first kappa shape index (κ1) is 42.0. The number of piperidine rings is 3. The summed E-state index contributed by atoms with van der Waals surface area (Å²) in [5, 5.41) is 11.9. The third kappa shape index (κ3) is 7.95. The number of carbonyl (C=O) groups excluding carboxylic acids is 5. The van der Waals surface area contributed by atoms with E-state index in [0.29, 0.717) is 48.2 Å². The number of benzene rings is 3. The van der Waals surface area contributed by atoms with E-state index in [1.54, 1.807) is 46.8 Å². The van der Waals surface area contributed by atoms with Gasteiger partial charge < -0.3 is 14.7 Å². The first-order valence-corrected chi connectivity index (χ1v) is 23.3. The predicted molar refractivity (Wildman–Crippen MR) is 230 cm³/mol. The Balaban J connectivity index is 0.722. The normalized spacial score (nSPS) is 22.6. The molecule has 0 aromatic heterocycles. The number of fused-ring (bicyclic) bond motifs is 1. The molecule has 17 heteroatoms. The van der Waals surface area contributed by atoms with Gasteiger partial charge in [-0.2, -0.15) is 9.57 Å². The largest absolute Gasteiger partial charge is 0.371 e. The highest BCUT2D eigenvalue weighted by molar-refractivity contribution is 7.89. The summed E-state index contributed by atoms with van der Waals surface area (Å²) < 4.78 is 29.0. The van der Waals surface area contributed by atoms with Gasteiger partial charge in [0.25, 0.3) is 17.7 Å². The number of hydrogen-bond donors (Lipinski definition) is 1. The Morgan fingerprint density at radius 2 is 1.44 bits per heavy atom. The van der Waals surface area contributed by atoms with Gasteiger partial charge in [-0.15, -0.1) is 0 Å². The van der Waals surface area contributed by atoms with Crippen molar-refractivity contribution in [3.63, 3.8) is 0 Å². The lowest BCUT2D eigenvalue weighted by Gasteiger charge is -2.39. The van der Waals surface area contributed by atoms with Crippen LogP contribution >= 0.6 is 11.6 Å². The average Bonchev–Trinajstić information content (AvgIpc) is 3.80. The molecule has 1 unspecified atom stereocenters. The molecule has 5 amide bonds. The van der Waals surface area contributed by atoms with Crippen molar-refractivity contribution in [2.75, 3.05) is 81.8 Å². The number of nitrogens with zero attached hydrogens (tertiary/aromatic N) is 7. The van der Waals surface area contributed by atoms with Crippen LogP contribution in [0.3, 0.4) is 0 Å². The van der Waals surface area contributed by atoms with E-state index < -0.39 is 39.7 Å². The molecule has 1 N–H and O–H groups in total. The van der Waals surface area contributed by atoms with Gasteiger partial charge in [0.15, 0.2) is 0 Å². The summed E-state index contributed by atoms with van der Waals surface area (Å²) in [5.74, 6) is -1.69. The number of halogens is 1. The number of sulfonamides is 1. The standard InChI is InChI=1S/C45H49ClN8O7S/c46-38-26-34(4-1-32(38)27-47)52-18-13-45(29-52)14-19-53(20-15-45)62(60,61)35-6-2-31(3-7-35)42(57)51-23-21-49(22-24-51)28-30-11-16-50(17-12-30)33-5-8-36-37(25-33)44(59)54(43(36)58)39-9-10-40(55)48-41(39)56/h1-8,25-26,30,39H,9-24,28-29H2,(H,48,55,56). The van der Waals surface area contributed by atoms with Crippen LogP contribution in [0.4, 0.5) is 11.4 Å². The number of piperazine rings is 1. The van der Waals surface area contributed by atoms with Gasteiger partial charge in [0.05, 0.1) is 26.6 Å². The third-order valence-corrected chi connectivity index (χ3v) is 16.2. The molecule has 3 aromatic rings. The van der Waals surface area contributed by atoms with Gasteiger partial charge >= 0.3 is 0 Å². The highest BCUT2D eigenvalue weighted by atomic mass is 35.5. The van der Waals surface area contributed by atoms with Gasteiger partial charge in [0.2, 0.25) is 21.8 Å². The number of amides is 5. The van der Waals surface area contributed by atoms with Crippen LogP contribution in [0, 0.1) is 22.7 Å². The smallest absolute Gasteiger partial charge is 0.262 e. The van der Waals surface area contributed by atoms with E-state index in [9.17, 15) is 37.7 Å². The first-order valence-electron chi connectivity index (χ1n) is 21.5. The minimum atomic E-state index is -3.72. The lowest BCUT2D eigenvalue weighted by atomic mass is 9.78. The first-order chi connectivity index (χ1) is 29.8. The molecule has 1 spiro atoms. The summed E-state index contributed by atoms with van der Waals surface area (Å²) in [7, 11) is -3.72. The molecule has 3 aromatic carbocycles. The van der Waals surface area contributed by atoms with Crippen LogP contribution < -0.4 is 15.1 Å². The molecule has 5 saturated heterocycles. The fourth-order valence-corrected chi connectivity index (χ4v) is 11.8. The van der Waals surface area contributed by atoms with Gasteiger partial charge in [-0.25, -0.2) is 8.42 Å². The molecule has 62 heavy (non-hydrogen) atoms. The second-order valence-electron chi connectivity index (χ2n) is 17.6. The van der Waals surface area contributed by atoms with Crippen molar-refractivity contribution in [2.45, 2.75) is 55.9 Å². The Labute approximate surface area is 366 Å². The number of imide groups is 2. The minimum absolute atomic E-state index is 0.0231. The molecule has 1 atom stereocenters. The van der Waals surface area contributed by atoms with Crippen LogP contribution in [0.5, 0.6) is 0 Å². The summed E-state index contributed by atoms with van der Waals surface area (Å²) in [6.07, 6.45) is 4.58. The Kier molecular flexibility index (Phi) is 11.3. The van der Waals surface area contributed by atoms with Gasteiger partial charge in [-0.05, 0) is 111 Å². The quantitative estimate of drug-likeness (QED) is 0.325. The van der Waals surface area contributed by atoms with E-state index in [1.165, 1.54) is 0 Å². The second kappa shape index (κ2) is 16.7. The Morgan fingerprint density at radius 1 is 0.774 bits per heavy atom. The van der Waals surface area contributed by atoms with Crippen molar-refractivity contribution in [3.8, 4) is 6.07 Å². The van der Waals surface area contributed by atoms with Crippen LogP contribution in [-0.4, -0.2) is 135 Å². The van der Waals surface area contributed by atoms with E-state index >= 15 is 0 Å². The van der Waals surface area contributed by atoms with Crippen molar-refractivity contribution in [1.29, 1.82) is 5.26 Å². The number of carbonyl (C=O) groups is 5. The lowest BCUT2D eigenvalue weighted by Crippen LogP contribution is -2.54. The number of rotatable bonds is 8. The molecule has 0 bridgehead atoms. The average molecular weight is 881 g/mol. The summed E-state index contributed by atoms with van der Waals surface area (Å²) in [6, 6.07) is 18.2. The van der Waals surface area contributed by atoms with Crippen LogP contribution in [-0.2, 0) is 19.6 Å². The zero-order chi connectivity index (χ0) is 43.3. The zero-order valence-electron chi connectivity index (χ0n) is 34.4. The SMILES string of the molecule is N#Cc1ccc(N2CCC3(CCN(S(=O)(=O)c4ccc(C(=O)N5CCN(CC6CCN(c7ccc8c(c7)C(=O)N(C7CCC(=O)NC7=O)C8=O)CC6)CC5)cc4)CC3)C2)cc1Cl. The number of anilines is 2. The van der Waals surface area contributed by atoms with Crippen molar-refractivity contribution in [2.24, 2.45) is 11.3 Å². The molecule has 5 fully saturated rings. The van der Waals surface area contributed by atoms with Gasteiger partial charge in [-0.3, -0.25) is 39.1 Å². The Hall–Kier alpha value is -5.34. The van der Waals surface area contributed by atoms with Gasteiger partial charge in [0, 0.05) is 95.4 Å². The van der Waals surface area contributed by atoms with E-state index in [-0.39, 0.29) is 40.2 Å². The molecule has 0 aliphatic carbocycles. The van der Waals surface area contributed by atoms with Crippen molar-refractivity contribution < 1.29 is 32.4 Å². The molecule has 0 radical (unpaired) electrons. The van der Waals surface area contributed by atoms with Crippen LogP contribution in [0.1, 0.15) is 81.6 Å². The van der Waals surface area contributed by atoms with Gasteiger partial charge in [0.1, 0.15) is 12.1 Å². The van der Waals surface area contributed by atoms with E-state index in [1.807, 2.05) is 23.1 Å². The monoisotopic (exact) mass is 880 g/mol. The fraction of sp³-hybridized carbons (Fsp3) is 0.467. The Bertz CT molecular complexity index is 2470. The van der Waals surface area contributed by atoms with Gasteiger partial charge in [-0.1, -0.05) is 11.6 Å². The van der Waals surface area contributed by atoms with Crippen molar-refractivity contribution in [1.82, 2.24) is 24.3 Å². The predicted octanol–water partition coefficient (Wildman–Crippen LogP) is 3.97. The highest BCUT2D eigenvalue weighted by Gasteiger charge is 2.46. The summed E-state index contributed by atoms with van der Waals surface area (Å²) >= 11 is 6.30. The van der Waals surface area contributed by atoms with E-state index in [2.05, 4.69) is 26.1 Å². The van der Waals surface area contributed by atoms with Crippen molar-refractivity contribution >= 4 is 62.5 Å². The molecular formula is C45H49ClN8O7S. The van der Waals surface area contributed by atoms with E-state index in [4.69, 9.17) is 11.6 Å². The van der Waals surface area contributed by atoms with Crippen LogP contribution in [0.25, 0.3) is 0 Å². The molecule has 9 rings (SSSR count). The molecule has 324 valence electrons. The molecule has 0 saturated carbocycles. The molecule has 6 aliphatic rings. The number of nitrogens with one attached hydrogen (secondary N) is 1. The van der Waals surface area contributed by atoms with Crippen molar-refractivity contribution in [3.05, 3.63) is 87.9 Å². The Morgan fingerprint density at radius 3 is 2.11 bits per heavy atom. The number of nitriles is 1. The van der Waals surface area contributed by atoms with E-state index in [0.717, 1.165) is 94.2 Å². The third-order valence-electron chi connectivity index (χ3n) is 14.0. The second-order valence-corrected chi connectivity index (χ2v) is 19.9. The maximum absolute atomic E-state index is 13.7. The molecule has 6 aliphatic heterocycles. The summed E-state index contributed by atoms with van der Waals surface area (Å²) in [4.78, 5) is 74.0.